The van der Waals surface area contributed by atoms with Gasteiger partial charge in [0.05, 0.1) is 0 Å². The van der Waals surface area contributed by atoms with Gasteiger partial charge < -0.3 is 15.1 Å². The molecule has 1 unspecified atom stereocenters. The Morgan fingerprint density at radius 2 is 1.85 bits per heavy atom. The van der Waals surface area contributed by atoms with Gasteiger partial charge in [0.1, 0.15) is 0 Å². The van der Waals surface area contributed by atoms with Gasteiger partial charge in [0.15, 0.2) is 0 Å². The topological polar surface area (TPSA) is 52.6 Å². The summed E-state index contributed by atoms with van der Waals surface area (Å²) in [5, 5.41) is 3.53. The van der Waals surface area contributed by atoms with Gasteiger partial charge in [-0.2, -0.15) is 0 Å². The summed E-state index contributed by atoms with van der Waals surface area (Å²) < 4.78 is 0. The monoisotopic (exact) mass is 281 g/mol. The van der Waals surface area contributed by atoms with Crippen LogP contribution in [0.5, 0.6) is 0 Å². The second-order valence-electron chi connectivity index (χ2n) is 6.04. The number of hydrogen-bond donors (Lipinski definition) is 1. The molecular weight excluding hydrogens is 254 g/mol. The first-order chi connectivity index (χ1) is 9.63. The van der Waals surface area contributed by atoms with Crippen LogP contribution in [0, 0.1) is 5.92 Å². The van der Waals surface area contributed by atoms with Crippen LogP contribution in [0.4, 0.5) is 0 Å². The first-order valence-electron chi connectivity index (χ1n) is 7.91. The van der Waals surface area contributed by atoms with Crippen molar-refractivity contribution in [3.63, 3.8) is 0 Å². The highest BCUT2D eigenvalue weighted by Gasteiger charge is 2.33. The maximum atomic E-state index is 12.1. The maximum Gasteiger partial charge on any atom is 0.312 e. The van der Waals surface area contributed by atoms with Crippen LogP contribution >= 0.6 is 0 Å². The van der Waals surface area contributed by atoms with Crippen molar-refractivity contribution in [3.8, 4) is 0 Å². The molecule has 2 rings (SSSR count). The van der Waals surface area contributed by atoms with E-state index in [2.05, 4.69) is 12.2 Å². The molecule has 20 heavy (non-hydrogen) atoms. The molecule has 5 nitrogen and oxygen atoms in total. The first kappa shape index (κ1) is 15.3. The molecular formula is C15H27N3O2. The van der Waals surface area contributed by atoms with Gasteiger partial charge in [-0.05, 0) is 25.3 Å². The van der Waals surface area contributed by atoms with Crippen molar-refractivity contribution >= 4 is 11.8 Å². The summed E-state index contributed by atoms with van der Waals surface area (Å²) in [5.41, 5.74) is 0. The van der Waals surface area contributed by atoms with E-state index in [0.29, 0.717) is 31.6 Å². The molecule has 1 N–H and O–H groups in total. The number of amides is 2. The van der Waals surface area contributed by atoms with Crippen molar-refractivity contribution in [1.82, 2.24) is 15.1 Å². The fraction of sp³-hybridized carbons (Fsp3) is 0.867. The van der Waals surface area contributed by atoms with Crippen molar-refractivity contribution in [2.24, 2.45) is 5.92 Å². The number of likely N-dealkylation sites (N-methyl/N-ethyl adjacent to an activating group) is 2. The summed E-state index contributed by atoms with van der Waals surface area (Å²) >= 11 is 0. The van der Waals surface area contributed by atoms with E-state index in [0.717, 1.165) is 6.54 Å². The van der Waals surface area contributed by atoms with Gasteiger partial charge in [0.2, 0.25) is 0 Å². The lowest BCUT2D eigenvalue weighted by atomic mass is 9.83. The van der Waals surface area contributed by atoms with Crippen molar-refractivity contribution in [2.75, 3.05) is 33.2 Å². The number of carbonyl (C=O) groups is 2. The molecule has 2 fully saturated rings. The van der Waals surface area contributed by atoms with Gasteiger partial charge in [-0.25, -0.2) is 0 Å². The zero-order chi connectivity index (χ0) is 14.5. The number of carbonyl (C=O) groups excluding carboxylic acids is 2. The largest absolute Gasteiger partial charge is 0.336 e. The Bertz CT molecular complexity index is 353. The maximum absolute atomic E-state index is 12.1. The van der Waals surface area contributed by atoms with Crippen molar-refractivity contribution in [1.29, 1.82) is 0 Å². The van der Waals surface area contributed by atoms with E-state index >= 15 is 0 Å². The molecule has 0 bridgehead atoms. The second-order valence-corrected chi connectivity index (χ2v) is 6.04. The third-order valence-corrected chi connectivity index (χ3v) is 4.62. The van der Waals surface area contributed by atoms with Crippen LogP contribution in [0.3, 0.4) is 0 Å². The lowest BCUT2D eigenvalue weighted by Gasteiger charge is -2.37. The molecule has 0 spiro atoms. The molecule has 1 saturated carbocycles. The molecule has 2 aliphatic rings. The number of piperazine rings is 1. The highest BCUT2D eigenvalue weighted by atomic mass is 16.2. The fourth-order valence-electron chi connectivity index (χ4n) is 3.36. The average Bonchev–Trinajstić information content (AvgIpc) is 2.48. The summed E-state index contributed by atoms with van der Waals surface area (Å²) in [7, 11) is 1.69. The smallest absolute Gasteiger partial charge is 0.312 e. The molecule has 1 aliphatic heterocycles. The van der Waals surface area contributed by atoms with Gasteiger partial charge in [0.25, 0.3) is 0 Å². The highest BCUT2D eigenvalue weighted by molar-refractivity contribution is 6.35. The summed E-state index contributed by atoms with van der Waals surface area (Å²) in [6, 6.07) is 0.334. The molecule has 5 heteroatoms. The predicted molar refractivity (Wildman–Crippen MR) is 78.3 cm³/mol. The van der Waals surface area contributed by atoms with E-state index in [9.17, 15) is 9.59 Å². The van der Waals surface area contributed by atoms with E-state index in [1.54, 1.807) is 11.9 Å². The van der Waals surface area contributed by atoms with Gasteiger partial charge in [-0.3, -0.25) is 9.59 Å². The lowest BCUT2D eigenvalue weighted by molar-refractivity contribution is -0.155. The summed E-state index contributed by atoms with van der Waals surface area (Å²) in [5.74, 6) is -0.0566. The molecule has 0 radical (unpaired) electrons. The van der Waals surface area contributed by atoms with Crippen molar-refractivity contribution in [2.45, 2.75) is 45.1 Å². The average molecular weight is 281 g/mol. The molecule has 1 atom stereocenters. The summed E-state index contributed by atoms with van der Waals surface area (Å²) in [6.45, 7) is 5.00. The minimum Gasteiger partial charge on any atom is -0.336 e. The van der Waals surface area contributed by atoms with Crippen molar-refractivity contribution in [3.05, 3.63) is 0 Å². The number of hydrogen-bond acceptors (Lipinski definition) is 3. The molecule has 2 amide bonds. The van der Waals surface area contributed by atoms with Crippen LogP contribution in [-0.4, -0.2) is 60.9 Å². The zero-order valence-corrected chi connectivity index (χ0v) is 12.7. The lowest BCUT2D eigenvalue weighted by Crippen LogP contribution is -2.57. The fourth-order valence-corrected chi connectivity index (χ4v) is 3.36. The van der Waals surface area contributed by atoms with Crippen LogP contribution < -0.4 is 5.32 Å². The summed E-state index contributed by atoms with van der Waals surface area (Å²) in [6.07, 6.45) is 6.41. The summed E-state index contributed by atoms with van der Waals surface area (Å²) in [4.78, 5) is 27.1. The van der Waals surface area contributed by atoms with Crippen molar-refractivity contribution < 1.29 is 9.59 Å². The first-order valence-corrected chi connectivity index (χ1v) is 7.91. The molecule has 1 heterocycles. The van der Waals surface area contributed by atoms with E-state index in [4.69, 9.17) is 0 Å². The molecule has 0 aromatic rings. The highest BCUT2D eigenvalue weighted by Crippen LogP contribution is 2.27. The third-order valence-electron chi connectivity index (χ3n) is 4.62. The zero-order valence-electron chi connectivity index (χ0n) is 12.7. The minimum atomic E-state index is -0.366. The van der Waals surface area contributed by atoms with Crippen LogP contribution in [0.15, 0.2) is 0 Å². The van der Waals surface area contributed by atoms with Gasteiger partial charge >= 0.3 is 11.8 Å². The quantitative estimate of drug-likeness (QED) is 0.760. The molecule has 1 aliphatic carbocycles. The Balaban J connectivity index is 1.96. The Kier molecular flexibility index (Phi) is 5.40. The molecule has 0 aromatic carbocycles. The minimum absolute atomic E-state index is 0.334. The number of rotatable bonds is 5. The van der Waals surface area contributed by atoms with Gasteiger partial charge in [-0.15, -0.1) is 0 Å². The normalized spacial score (nSPS) is 23.3. The molecule has 1 saturated heterocycles. The Morgan fingerprint density at radius 3 is 2.50 bits per heavy atom. The number of nitrogens with one attached hydrogen (secondary N) is 1. The third kappa shape index (κ3) is 3.51. The van der Waals surface area contributed by atoms with Gasteiger partial charge in [0, 0.05) is 32.7 Å². The molecule has 0 aromatic heterocycles. The van der Waals surface area contributed by atoms with Crippen LogP contribution in [0.1, 0.15) is 39.0 Å². The predicted octanol–water partition coefficient (Wildman–Crippen LogP) is 0.845. The second kappa shape index (κ2) is 7.07. The van der Waals surface area contributed by atoms with Gasteiger partial charge in [-0.1, -0.05) is 26.2 Å². The Labute approximate surface area is 121 Å². The van der Waals surface area contributed by atoms with Crippen LogP contribution in [-0.2, 0) is 9.59 Å². The van der Waals surface area contributed by atoms with Crippen LogP contribution in [0.25, 0.3) is 0 Å². The molecule has 114 valence electrons. The Hall–Kier alpha value is -1.10. The van der Waals surface area contributed by atoms with Crippen LogP contribution in [0.2, 0.25) is 0 Å². The van der Waals surface area contributed by atoms with E-state index < -0.39 is 0 Å². The van der Waals surface area contributed by atoms with E-state index in [1.807, 2.05) is 0 Å². The SMILES string of the molecule is CCNC(CN1CCN(C)C(=O)C1=O)C1CCCCC1. The Morgan fingerprint density at radius 1 is 1.15 bits per heavy atom. The van der Waals surface area contributed by atoms with E-state index in [1.165, 1.54) is 37.0 Å². The van der Waals surface area contributed by atoms with E-state index in [-0.39, 0.29) is 11.8 Å². The number of nitrogens with zero attached hydrogens (tertiary/aromatic N) is 2. The standard InChI is InChI=1S/C15H27N3O2/c1-3-16-13(12-7-5-4-6-8-12)11-18-10-9-17(2)14(19)15(18)20/h12-13,16H,3-11H2,1-2H3.